The van der Waals surface area contributed by atoms with E-state index in [1.165, 1.54) is 0 Å². The lowest BCUT2D eigenvalue weighted by Crippen LogP contribution is -2.27. The van der Waals surface area contributed by atoms with Crippen molar-refractivity contribution in [2.75, 3.05) is 5.32 Å². The number of rotatable bonds is 5. The molecule has 2 aromatic carbocycles. The van der Waals surface area contributed by atoms with Crippen LogP contribution in [-0.2, 0) is 21.5 Å². The van der Waals surface area contributed by atoms with Gasteiger partial charge in [-0.05, 0) is 35.1 Å². The standard InChI is InChI=1S/C22H25ClN2O2/c1-22(2,3)17-9-5-7-11-19(17)25-21(27)16-12-15(16)20(26)24-13-14-8-4-6-10-18(14)23/h4-11,15-16H,12-13H2,1-3H3,(H,24,26)(H,25,27). The van der Waals surface area contributed by atoms with E-state index in [9.17, 15) is 9.59 Å². The summed E-state index contributed by atoms with van der Waals surface area (Å²) in [5, 5.41) is 6.52. The zero-order chi connectivity index (χ0) is 19.6. The summed E-state index contributed by atoms with van der Waals surface area (Å²) in [6.45, 7) is 6.70. The molecule has 0 radical (unpaired) electrons. The van der Waals surface area contributed by atoms with Gasteiger partial charge in [0.2, 0.25) is 11.8 Å². The van der Waals surface area contributed by atoms with Crippen LogP contribution in [0.15, 0.2) is 48.5 Å². The number of amides is 2. The number of carbonyl (C=O) groups is 2. The first-order chi connectivity index (χ1) is 12.8. The van der Waals surface area contributed by atoms with E-state index in [1.807, 2.05) is 42.5 Å². The first-order valence-corrected chi connectivity index (χ1v) is 9.56. The van der Waals surface area contributed by atoms with E-state index in [0.717, 1.165) is 16.8 Å². The van der Waals surface area contributed by atoms with E-state index in [1.54, 1.807) is 6.07 Å². The van der Waals surface area contributed by atoms with Crippen LogP contribution in [0, 0.1) is 11.8 Å². The van der Waals surface area contributed by atoms with E-state index in [0.29, 0.717) is 18.0 Å². The minimum atomic E-state index is -0.274. The van der Waals surface area contributed by atoms with Crippen molar-refractivity contribution in [1.82, 2.24) is 5.32 Å². The lowest BCUT2D eigenvalue weighted by molar-refractivity contribution is -0.125. The van der Waals surface area contributed by atoms with Crippen LogP contribution in [0.2, 0.25) is 5.02 Å². The molecule has 142 valence electrons. The summed E-state index contributed by atoms with van der Waals surface area (Å²) in [6, 6.07) is 15.2. The Morgan fingerprint density at radius 1 is 1.00 bits per heavy atom. The number of hydrogen-bond acceptors (Lipinski definition) is 2. The molecule has 2 aromatic rings. The molecule has 0 saturated heterocycles. The minimum Gasteiger partial charge on any atom is -0.352 e. The summed E-state index contributed by atoms with van der Waals surface area (Å²) in [7, 11) is 0. The summed E-state index contributed by atoms with van der Waals surface area (Å²) in [5.74, 6) is -0.734. The van der Waals surface area contributed by atoms with Gasteiger partial charge in [-0.1, -0.05) is 68.8 Å². The predicted octanol–water partition coefficient (Wildman–Crippen LogP) is 4.53. The van der Waals surface area contributed by atoms with Gasteiger partial charge >= 0.3 is 0 Å². The molecule has 27 heavy (non-hydrogen) atoms. The highest BCUT2D eigenvalue weighted by Gasteiger charge is 2.48. The Morgan fingerprint density at radius 2 is 1.63 bits per heavy atom. The van der Waals surface area contributed by atoms with E-state index in [2.05, 4.69) is 31.4 Å². The van der Waals surface area contributed by atoms with E-state index in [-0.39, 0.29) is 29.1 Å². The topological polar surface area (TPSA) is 58.2 Å². The third-order valence-electron chi connectivity index (χ3n) is 4.87. The Kier molecular flexibility index (Phi) is 5.56. The first-order valence-electron chi connectivity index (χ1n) is 9.19. The largest absolute Gasteiger partial charge is 0.352 e. The molecular formula is C22H25ClN2O2. The number of anilines is 1. The van der Waals surface area contributed by atoms with Crippen LogP contribution in [0.4, 0.5) is 5.69 Å². The van der Waals surface area contributed by atoms with Crippen molar-refractivity contribution in [3.63, 3.8) is 0 Å². The van der Waals surface area contributed by atoms with Gasteiger partial charge in [-0.15, -0.1) is 0 Å². The van der Waals surface area contributed by atoms with Crippen LogP contribution in [0.3, 0.4) is 0 Å². The van der Waals surface area contributed by atoms with E-state index in [4.69, 9.17) is 11.6 Å². The first kappa shape index (κ1) is 19.4. The van der Waals surface area contributed by atoms with Gasteiger partial charge in [-0.2, -0.15) is 0 Å². The molecule has 0 aromatic heterocycles. The van der Waals surface area contributed by atoms with E-state index >= 15 is 0 Å². The lowest BCUT2D eigenvalue weighted by Gasteiger charge is -2.23. The average Bonchev–Trinajstić information content (AvgIpc) is 3.41. The molecule has 4 nitrogen and oxygen atoms in total. The Hall–Kier alpha value is -2.33. The minimum absolute atomic E-state index is 0.0703. The van der Waals surface area contributed by atoms with E-state index < -0.39 is 0 Å². The molecule has 0 spiro atoms. The number of halogens is 1. The average molecular weight is 385 g/mol. The fourth-order valence-electron chi connectivity index (χ4n) is 3.20. The number of para-hydroxylation sites is 1. The molecule has 1 aliphatic carbocycles. The molecular weight excluding hydrogens is 360 g/mol. The quantitative estimate of drug-likeness (QED) is 0.795. The summed E-state index contributed by atoms with van der Waals surface area (Å²) >= 11 is 6.11. The van der Waals surface area contributed by atoms with Crippen LogP contribution in [-0.4, -0.2) is 11.8 Å². The SMILES string of the molecule is CC(C)(C)c1ccccc1NC(=O)C1CC1C(=O)NCc1ccccc1Cl. The fourth-order valence-corrected chi connectivity index (χ4v) is 3.40. The molecule has 2 atom stereocenters. The monoisotopic (exact) mass is 384 g/mol. The van der Waals surface area contributed by atoms with Gasteiger partial charge in [0.1, 0.15) is 0 Å². The molecule has 2 N–H and O–H groups in total. The van der Waals surface area contributed by atoms with Gasteiger partial charge in [0.05, 0.1) is 11.8 Å². The van der Waals surface area contributed by atoms with Crippen LogP contribution < -0.4 is 10.6 Å². The molecule has 2 unspecified atom stereocenters. The summed E-state index contributed by atoms with van der Waals surface area (Å²) in [6.07, 6.45) is 0.581. The van der Waals surface area contributed by atoms with Crippen LogP contribution in [0.1, 0.15) is 38.3 Å². The van der Waals surface area contributed by atoms with Crippen molar-refractivity contribution < 1.29 is 9.59 Å². The van der Waals surface area contributed by atoms with Crippen molar-refractivity contribution in [3.8, 4) is 0 Å². The molecule has 5 heteroatoms. The van der Waals surface area contributed by atoms with Gasteiger partial charge < -0.3 is 10.6 Å². The van der Waals surface area contributed by atoms with Gasteiger partial charge in [0, 0.05) is 17.3 Å². The van der Waals surface area contributed by atoms with Crippen LogP contribution in [0.25, 0.3) is 0 Å². The Balaban J connectivity index is 1.57. The maximum absolute atomic E-state index is 12.6. The zero-order valence-electron chi connectivity index (χ0n) is 15.9. The summed E-state index contributed by atoms with van der Waals surface area (Å²) < 4.78 is 0. The third-order valence-corrected chi connectivity index (χ3v) is 5.24. The number of nitrogens with one attached hydrogen (secondary N) is 2. The zero-order valence-corrected chi connectivity index (χ0v) is 16.6. The molecule has 3 rings (SSSR count). The second-order valence-electron chi connectivity index (χ2n) is 8.04. The molecule has 0 aliphatic heterocycles. The molecule has 2 amide bonds. The Labute approximate surface area is 165 Å². The van der Waals surface area contributed by atoms with Crippen molar-refractivity contribution in [2.24, 2.45) is 11.8 Å². The predicted molar refractivity (Wildman–Crippen MR) is 109 cm³/mol. The fraction of sp³-hybridized carbons (Fsp3) is 0.364. The smallest absolute Gasteiger partial charge is 0.228 e. The second-order valence-corrected chi connectivity index (χ2v) is 8.45. The Bertz CT molecular complexity index is 857. The van der Waals surface area contributed by atoms with Crippen molar-refractivity contribution >= 4 is 29.1 Å². The summed E-state index contributed by atoms with van der Waals surface area (Å²) in [4.78, 5) is 24.9. The van der Waals surface area contributed by atoms with Crippen molar-refractivity contribution in [3.05, 3.63) is 64.7 Å². The number of benzene rings is 2. The highest BCUT2D eigenvalue weighted by atomic mass is 35.5. The van der Waals surface area contributed by atoms with Crippen LogP contribution >= 0.6 is 11.6 Å². The third kappa shape index (κ3) is 4.69. The summed E-state index contributed by atoms with van der Waals surface area (Å²) in [5.41, 5.74) is 2.70. The van der Waals surface area contributed by atoms with Gasteiger partial charge in [0.25, 0.3) is 0 Å². The molecule has 1 aliphatic rings. The number of hydrogen-bond donors (Lipinski definition) is 2. The van der Waals surface area contributed by atoms with Gasteiger partial charge in [0.15, 0.2) is 0 Å². The highest BCUT2D eigenvalue weighted by Crippen LogP contribution is 2.40. The maximum Gasteiger partial charge on any atom is 0.228 e. The normalized spacial score (nSPS) is 18.7. The van der Waals surface area contributed by atoms with Crippen LogP contribution in [0.5, 0.6) is 0 Å². The van der Waals surface area contributed by atoms with Gasteiger partial charge in [-0.25, -0.2) is 0 Å². The molecule has 0 bridgehead atoms. The number of carbonyl (C=O) groups excluding carboxylic acids is 2. The molecule has 1 saturated carbocycles. The molecule has 0 heterocycles. The highest BCUT2D eigenvalue weighted by molar-refractivity contribution is 6.31. The van der Waals surface area contributed by atoms with Crippen molar-refractivity contribution in [1.29, 1.82) is 0 Å². The molecule has 1 fully saturated rings. The lowest BCUT2D eigenvalue weighted by atomic mass is 9.86. The maximum atomic E-state index is 12.6. The second kappa shape index (κ2) is 7.73. The van der Waals surface area contributed by atoms with Gasteiger partial charge in [-0.3, -0.25) is 9.59 Å². The Morgan fingerprint density at radius 3 is 2.33 bits per heavy atom. The van der Waals surface area contributed by atoms with Crippen molar-refractivity contribution in [2.45, 2.75) is 39.2 Å².